The minimum Gasteiger partial charge on any atom is -0.465 e. The van der Waals surface area contributed by atoms with Crippen LogP contribution in [0.1, 0.15) is 27.2 Å². The van der Waals surface area contributed by atoms with Crippen LogP contribution in [0.2, 0.25) is 0 Å². The molecule has 0 aliphatic carbocycles. The smallest absolute Gasteiger partial charge is 0.311 e. The van der Waals surface area contributed by atoms with Crippen molar-refractivity contribution in [2.75, 3.05) is 33.0 Å². The van der Waals surface area contributed by atoms with Crippen LogP contribution >= 0.6 is 0 Å². The molecule has 0 atom stereocenters. The molecular weight excluding hydrogens is 252 g/mol. The third kappa shape index (κ3) is 5.86. The summed E-state index contributed by atoms with van der Waals surface area (Å²) < 4.78 is 5.12. The van der Waals surface area contributed by atoms with Crippen LogP contribution in [0.15, 0.2) is 0 Å². The summed E-state index contributed by atoms with van der Waals surface area (Å²) in [5.41, 5.74) is -1.71. The summed E-state index contributed by atoms with van der Waals surface area (Å²) in [5, 5.41) is 36.9. The van der Waals surface area contributed by atoms with Crippen LogP contribution in [0.5, 0.6) is 0 Å². The maximum atomic E-state index is 11.7. The first-order valence-corrected chi connectivity index (χ1v) is 6.35. The van der Waals surface area contributed by atoms with E-state index in [0.717, 1.165) is 0 Å². The van der Waals surface area contributed by atoms with Gasteiger partial charge >= 0.3 is 5.97 Å². The molecule has 0 aliphatic rings. The Morgan fingerprint density at radius 1 is 1.05 bits per heavy atom. The van der Waals surface area contributed by atoms with Crippen LogP contribution in [-0.2, 0) is 9.53 Å². The number of aliphatic hydroxyl groups is 4. The standard InChI is InChI=1S/C13H26O6/c1-12(2,3)11(18)19-9-13(7-16,8-17)4-10(5-14)6-15/h10,14-17H,4-9H2,1-3H3. The highest BCUT2D eigenvalue weighted by molar-refractivity contribution is 5.75. The molecule has 0 saturated carbocycles. The van der Waals surface area contributed by atoms with E-state index in [-0.39, 0.29) is 26.2 Å². The molecule has 0 radical (unpaired) electrons. The number of ether oxygens (including phenoxy) is 1. The number of hydrogen-bond acceptors (Lipinski definition) is 6. The molecular formula is C13H26O6. The minimum absolute atomic E-state index is 0.146. The molecule has 0 saturated heterocycles. The van der Waals surface area contributed by atoms with Crippen molar-refractivity contribution >= 4 is 5.97 Å². The number of carbonyl (C=O) groups excluding carboxylic acids is 1. The van der Waals surface area contributed by atoms with Gasteiger partial charge in [0, 0.05) is 19.1 Å². The monoisotopic (exact) mass is 278 g/mol. The van der Waals surface area contributed by atoms with Crippen molar-refractivity contribution in [2.45, 2.75) is 27.2 Å². The Balaban J connectivity index is 4.67. The number of carbonyl (C=O) groups is 1. The van der Waals surface area contributed by atoms with E-state index in [9.17, 15) is 15.0 Å². The van der Waals surface area contributed by atoms with Crippen LogP contribution in [0.25, 0.3) is 0 Å². The van der Waals surface area contributed by atoms with E-state index in [4.69, 9.17) is 14.9 Å². The normalized spacial score (nSPS) is 12.8. The Labute approximate surface area is 114 Å². The van der Waals surface area contributed by atoms with Gasteiger partial charge in [-0.25, -0.2) is 0 Å². The Hall–Kier alpha value is -0.690. The SMILES string of the molecule is CC(C)(C)C(=O)OCC(CO)(CO)CC(CO)CO. The maximum absolute atomic E-state index is 11.7. The quantitative estimate of drug-likeness (QED) is 0.447. The lowest BCUT2D eigenvalue weighted by Crippen LogP contribution is -2.40. The molecule has 0 rings (SSSR count). The molecule has 0 spiro atoms. The summed E-state index contributed by atoms with van der Waals surface area (Å²) >= 11 is 0. The number of hydrogen-bond donors (Lipinski definition) is 4. The van der Waals surface area contributed by atoms with Gasteiger partial charge in [-0.15, -0.1) is 0 Å². The Morgan fingerprint density at radius 3 is 1.84 bits per heavy atom. The molecule has 0 fully saturated rings. The van der Waals surface area contributed by atoms with Crippen molar-refractivity contribution in [2.24, 2.45) is 16.7 Å². The van der Waals surface area contributed by atoms with Crippen molar-refractivity contribution in [3.05, 3.63) is 0 Å². The zero-order chi connectivity index (χ0) is 15.1. The molecule has 0 bridgehead atoms. The Kier molecular flexibility index (Phi) is 7.51. The second-order valence-corrected chi connectivity index (χ2v) is 6.08. The van der Waals surface area contributed by atoms with E-state index in [1.54, 1.807) is 20.8 Å². The fourth-order valence-electron chi connectivity index (χ4n) is 1.56. The van der Waals surface area contributed by atoms with Crippen molar-refractivity contribution in [1.82, 2.24) is 0 Å². The van der Waals surface area contributed by atoms with Crippen molar-refractivity contribution in [3.8, 4) is 0 Å². The lowest BCUT2D eigenvalue weighted by atomic mass is 9.81. The summed E-state index contributed by atoms with van der Waals surface area (Å²) in [6.07, 6.45) is 0.171. The van der Waals surface area contributed by atoms with Gasteiger partial charge in [0.1, 0.15) is 6.61 Å². The zero-order valence-electron chi connectivity index (χ0n) is 11.9. The van der Waals surface area contributed by atoms with E-state index in [1.807, 2.05) is 0 Å². The Morgan fingerprint density at radius 2 is 1.53 bits per heavy atom. The second kappa shape index (κ2) is 7.79. The first-order valence-electron chi connectivity index (χ1n) is 6.35. The maximum Gasteiger partial charge on any atom is 0.311 e. The largest absolute Gasteiger partial charge is 0.465 e. The molecule has 0 heterocycles. The fraction of sp³-hybridized carbons (Fsp3) is 0.923. The summed E-state index contributed by atoms with van der Waals surface area (Å²) in [7, 11) is 0. The van der Waals surface area contributed by atoms with Crippen LogP contribution in [0, 0.1) is 16.7 Å². The molecule has 4 N–H and O–H groups in total. The summed E-state index contributed by atoms with van der Waals surface area (Å²) in [5.74, 6) is -0.893. The third-order valence-electron chi connectivity index (χ3n) is 3.03. The van der Waals surface area contributed by atoms with Crippen LogP contribution in [0.3, 0.4) is 0 Å². The molecule has 0 amide bonds. The van der Waals surface area contributed by atoms with E-state index in [0.29, 0.717) is 0 Å². The van der Waals surface area contributed by atoms with E-state index < -0.39 is 35.9 Å². The van der Waals surface area contributed by atoms with Gasteiger partial charge in [-0.05, 0) is 27.2 Å². The van der Waals surface area contributed by atoms with Crippen LogP contribution in [0.4, 0.5) is 0 Å². The van der Waals surface area contributed by atoms with Crippen molar-refractivity contribution in [3.63, 3.8) is 0 Å². The van der Waals surface area contributed by atoms with Gasteiger partial charge in [0.25, 0.3) is 0 Å². The molecule has 114 valence electrons. The predicted molar refractivity (Wildman–Crippen MR) is 69.3 cm³/mol. The summed E-state index contributed by atoms with van der Waals surface area (Å²) in [6.45, 7) is 3.68. The highest BCUT2D eigenvalue weighted by Gasteiger charge is 2.35. The van der Waals surface area contributed by atoms with Crippen LogP contribution < -0.4 is 0 Å². The fourth-order valence-corrected chi connectivity index (χ4v) is 1.56. The van der Waals surface area contributed by atoms with Gasteiger partial charge < -0.3 is 25.2 Å². The molecule has 0 aromatic heterocycles. The lowest BCUT2D eigenvalue weighted by molar-refractivity contribution is -0.160. The zero-order valence-corrected chi connectivity index (χ0v) is 11.9. The van der Waals surface area contributed by atoms with Gasteiger partial charge in [-0.2, -0.15) is 0 Å². The molecule has 0 unspecified atom stereocenters. The second-order valence-electron chi connectivity index (χ2n) is 6.08. The van der Waals surface area contributed by atoms with E-state index in [1.165, 1.54) is 0 Å². The first kappa shape index (κ1) is 18.3. The predicted octanol–water partition coefficient (Wildman–Crippen LogP) is -0.462. The minimum atomic E-state index is -1.04. The highest BCUT2D eigenvalue weighted by Crippen LogP contribution is 2.27. The van der Waals surface area contributed by atoms with Gasteiger partial charge in [-0.3, -0.25) is 4.79 Å². The van der Waals surface area contributed by atoms with Gasteiger partial charge in [0.05, 0.1) is 24.0 Å². The van der Waals surface area contributed by atoms with Gasteiger partial charge in [0.15, 0.2) is 0 Å². The van der Waals surface area contributed by atoms with E-state index >= 15 is 0 Å². The van der Waals surface area contributed by atoms with E-state index in [2.05, 4.69) is 0 Å². The molecule has 0 aromatic rings. The van der Waals surface area contributed by atoms with Crippen LogP contribution in [-0.4, -0.2) is 59.4 Å². The lowest BCUT2D eigenvalue weighted by Gasteiger charge is -2.32. The molecule has 0 aromatic carbocycles. The molecule has 0 aliphatic heterocycles. The van der Waals surface area contributed by atoms with Crippen molar-refractivity contribution in [1.29, 1.82) is 0 Å². The van der Waals surface area contributed by atoms with Gasteiger partial charge in [0.2, 0.25) is 0 Å². The number of esters is 1. The summed E-state index contributed by atoms with van der Waals surface area (Å²) in [6, 6.07) is 0. The van der Waals surface area contributed by atoms with Gasteiger partial charge in [-0.1, -0.05) is 0 Å². The highest BCUT2D eigenvalue weighted by atomic mass is 16.5. The Bertz CT molecular complexity index is 263. The van der Waals surface area contributed by atoms with Crippen molar-refractivity contribution < 1.29 is 30.0 Å². The average Bonchev–Trinajstić information content (AvgIpc) is 2.38. The number of rotatable bonds is 8. The molecule has 19 heavy (non-hydrogen) atoms. The average molecular weight is 278 g/mol. The number of aliphatic hydroxyl groups excluding tert-OH is 4. The first-order chi connectivity index (χ1) is 8.74. The topological polar surface area (TPSA) is 107 Å². The third-order valence-corrected chi connectivity index (χ3v) is 3.03. The molecule has 6 heteroatoms. The summed E-state index contributed by atoms with van der Waals surface area (Å²) in [4.78, 5) is 11.7. The molecule has 6 nitrogen and oxygen atoms in total.